The second kappa shape index (κ2) is 3.93. The Labute approximate surface area is 116 Å². The van der Waals surface area contributed by atoms with Gasteiger partial charge in [-0.05, 0) is 46.3 Å². The second-order valence-corrected chi connectivity index (χ2v) is 4.97. The van der Waals surface area contributed by atoms with Gasteiger partial charge in [0.05, 0.1) is 5.52 Å². The number of nitrogens with zero attached hydrogens (tertiary/aromatic N) is 3. The highest BCUT2D eigenvalue weighted by atomic mass is 79.9. The molecule has 0 saturated carbocycles. The monoisotopic (exact) mass is 313 g/mol. The van der Waals surface area contributed by atoms with Crippen LogP contribution in [0.4, 0.5) is 0 Å². The van der Waals surface area contributed by atoms with Crippen molar-refractivity contribution >= 4 is 32.5 Å². The smallest absolute Gasteiger partial charge is 0.181 e. The van der Waals surface area contributed by atoms with E-state index in [1.54, 1.807) is 0 Å². The summed E-state index contributed by atoms with van der Waals surface area (Å²) in [6.07, 6.45) is 3.45. The summed E-state index contributed by atoms with van der Waals surface area (Å²) in [7, 11) is 0. The lowest BCUT2D eigenvalue weighted by Crippen LogP contribution is -1.88. The molecule has 3 aromatic heterocycles. The van der Waals surface area contributed by atoms with Crippen LogP contribution < -0.4 is 0 Å². The van der Waals surface area contributed by atoms with Crippen molar-refractivity contribution in [2.24, 2.45) is 0 Å². The Morgan fingerprint density at radius 3 is 3.05 bits per heavy atom. The van der Waals surface area contributed by atoms with Gasteiger partial charge in [-0.3, -0.25) is 4.40 Å². The largest absolute Gasteiger partial charge is 0.443 e. The van der Waals surface area contributed by atoms with E-state index in [1.165, 1.54) is 6.39 Å². The van der Waals surface area contributed by atoms with Crippen molar-refractivity contribution in [3.8, 4) is 11.4 Å². The summed E-state index contributed by atoms with van der Waals surface area (Å²) >= 11 is 3.49. The molecule has 4 aromatic rings. The van der Waals surface area contributed by atoms with E-state index in [9.17, 15) is 0 Å². The van der Waals surface area contributed by atoms with Crippen LogP contribution in [-0.4, -0.2) is 14.4 Å². The highest BCUT2D eigenvalue weighted by Crippen LogP contribution is 2.27. The molecule has 0 spiro atoms. The average Bonchev–Trinajstić information content (AvgIpc) is 3.03. The number of halogens is 1. The highest BCUT2D eigenvalue weighted by Gasteiger charge is 2.11. The van der Waals surface area contributed by atoms with Crippen molar-refractivity contribution < 1.29 is 4.42 Å². The van der Waals surface area contributed by atoms with Gasteiger partial charge in [0.2, 0.25) is 0 Å². The summed E-state index contributed by atoms with van der Waals surface area (Å²) in [5.74, 6) is 0.876. The molecule has 0 atom stereocenters. The van der Waals surface area contributed by atoms with Crippen molar-refractivity contribution in [1.82, 2.24) is 14.4 Å². The van der Waals surface area contributed by atoms with Crippen LogP contribution >= 0.6 is 15.9 Å². The molecule has 19 heavy (non-hydrogen) atoms. The van der Waals surface area contributed by atoms with E-state index in [0.717, 1.165) is 32.6 Å². The Kier molecular flexibility index (Phi) is 2.22. The fourth-order valence-corrected chi connectivity index (χ4v) is 2.69. The van der Waals surface area contributed by atoms with E-state index >= 15 is 0 Å². The minimum Gasteiger partial charge on any atom is -0.443 e. The molecule has 1 aromatic carbocycles. The van der Waals surface area contributed by atoms with Gasteiger partial charge in [0.25, 0.3) is 0 Å². The molecular weight excluding hydrogens is 306 g/mol. The Hall–Kier alpha value is -2.14. The Bertz CT molecular complexity index is 894. The summed E-state index contributed by atoms with van der Waals surface area (Å²) in [5, 5.41) is 0. The lowest BCUT2D eigenvalue weighted by molar-refractivity contribution is 0.602. The quantitative estimate of drug-likeness (QED) is 0.535. The van der Waals surface area contributed by atoms with Gasteiger partial charge in [-0.25, -0.2) is 9.97 Å². The van der Waals surface area contributed by atoms with Gasteiger partial charge < -0.3 is 4.42 Å². The SMILES string of the molecule is Brc1nc(-c2ccc3ncoc3c2)n2ccccc12. The number of oxazole rings is 1. The number of hydrogen-bond donors (Lipinski definition) is 0. The van der Waals surface area contributed by atoms with E-state index in [4.69, 9.17) is 4.42 Å². The van der Waals surface area contributed by atoms with Crippen molar-refractivity contribution in [3.05, 3.63) is 53.6 Å². The fourth-order valence-electron chi connectivity index (χ4n) is 2.20. The number of hydrogen-bond acceptors (Lipinski definition) is 3. The van der Waals surface area contributed by atoms with Gasteiger partial charge in [0.15, 0.2) is 12.0 Å². The van der Waals surface area contributed by atoms with Gasteiger partial charge in [-0.1, -0.05) is 6.07 Å². The molecule has 0 bridgehead atoms. The molecule has 3 heterocycles. The molecule has 0 aliphatic rings. The minimum absolute atomic E-state index is 0.765. The molecule has 5 heteroatoms. The third-order valence-corrected chi connectivity index (χ3v) is 3.68. The van der Waals surface area contributed by atoms with Crippen molar-refractivity contribution in [3.63, 3.8) is 0 Å². The number of rotatable bonds is 1. The molecule has 0 aliphatic carbocycles. The molecule has 0 saturated heterocycles. The molecule has 4 nitrogen and oxygen atoms in total. The van der Waals surface area contributed by atoms with Gasteiger partial charge in [0.1, 0.15) is 15.9 Å². The molecule has 0 fully saturated rings. The molecule has 4 rings (SSSR count). The zero-order chi connectivity index (χ0) is 12.8. The van der Waals surface area contributed by atoms with Crippen LogP contribution in [0, 0.1) is 0 Å². The lowest BCUT2D eigenvalue weighted by Gasteiger charge is -2.00. The number of fused-ring (bicyclic) bond motifs is 2. The standard InChI is InChI=1S/C14H8BrN3O/c15-13-11-3-1-2-6-18(11)14(17-13)9-4-5-10-12(7-9)19-8-16-10/h1-8H. The predicted molar refractivity (Wildman–Crippen MR) is 75.9 cm³/mol. The first-order chi connectivity index (χ1) is 9.33. The Balaban J connectivity index is 2.03. The fraction of sp³-hybridized carbons (Fsp3) is 0. The van der Waals surface area contributed by atoms with Crippen LogP contribution in [-0.2, 0) is 0 Å². The van der Waals surface area contributed by atoms with Crippen LogP contribution in [0.5, 0.6) is 0 Å². The first kappa shape index (κ1) is 10.8. The molecular formula is C14H8BrN3O. The normalized spacial score (nSPS) is 11.4. The Morgan fingerprint density at radius 2 is 2.11 bits per heavy atom. The van der Waals surface area contributed by atoms with Gasteiger partial charge in [-0.2, -0.15) is 0 Å². The van der Waals surface area contributed by atoms with Crippen molar-refractivity contribution in [2.75, 3.05) is 0 Å². The van der Waals surface area contributed by atoms with E-state index in [1.807, 2.05) is 47.0 Å². The third kappa shape index (κ3) is 1.58. The van der Waals surface area contributed by atoms with Gasteiger partial charge in [0, 0.05) is 11.8 Å². The highest BCUT2D eigenvalue weighted by molar-refractivity contribution is 9.10. The maximum Gasteiger partial charge on any atom is 0.181 e. The molecule has 0 radical (unpaired) electrons. The minimum atomic E-state index is 0.765. The van der Waals surface area contributed by atoms with Crippen LogP contribution in [0.25, 0.3) is 28.0 Å². The van der Waals surface area contributed by atoms with E-state index < -0.39 is 0 Å². The number of benzene rings is 1. The molecule has 0 amide bonds. The predicted octanol–water partition coefficient (Wildman–Crippen LogP) is 3.91. The van der Waals surface area contributed by atoms with Crippen molar-refractivity contribution in [1.29, 1.82) is 0 Å². The number of aromatic nitrogens is 3. The van der Waals surface area contributed by atoms with Crippen molar-refractivity contribution in [2.45, 2.75) is 0 Å². The van der Waals surface area contributed by atoms with E-state index in [2.05, 4.69) is 25.9 Å². The summed E-state index contributed by atoms with van der Waals surface area (Å²) in [5.41, 5.74) is 3.65. The summed E-state index contributed by atoms with van der Waals surface area (Å²) in [4.78, 5) is 8.69. The molecule has 0 unspecified atom stereocenters. The number of imidazole rings is 1. The first-order valence-electron chi connectivity index (χ1n) is 5.79. The maximum absolute atomic E-state index is 5.34. The first-order valence-corrected chi connectivity index (χ1v) is 6.58. The summed E-state index contributed by atoms with van der Waals surface area (Å²) in [6, 6.07) is 11.9. The van der Waals surface area contributed by atoms with Crippen LogP contribution in [0.15, 0.2) is 58.0 Å². The van der Waals surface area contributed by atoms with Crippen LogP contribution in [0.1, 0.15) is 0 Å². The zero-order valence-corrected chi connectivity index (χ0v) is 11.3. The number of pyridine rings is 1. The van der Waals surface area contributed by atoms with E-state index in [0.29, 0.717) is 0 Å². The lowest BCUT2D eigenvalue weighted by atomic mass is 10.2. The molecule has 0 N–H and O–H groups in total. The topological polar surface area (TPSA) is 43.3 Å². The summed E-state index contributed by atoms with van der Waals surface area (Å²) < 4.78 is 8.22. The van der Waals surface area contributed by atoms with Gasteiger partial charge in [-0.15, -0.1) is 0 Å². The second-order valence-electron chi connectivity index (χ2n) is 4.22. The van der Waals surface area contributed by atoms with Crippen LogP contribution in [0.2, 0.25) is 0 Å². The molecule has 92 valence electrons. The average molecular weight is 314 g/mol. The third-order valence-electron chi connectivity index (χ3n) is 3.09. The maximum atomic E-state index is 5.34. The Morgan fingerprint density at radius 1 is 1.16 bits per heavy atom. The van der Waals surface area contributed by atoms with E-state index in [-0.39, 0.29) is 0 Å². The van der Waals surface area contributed by atoms with Crippen LogP contribution in [0.3, 0.4) is 0 Å². The summed E-state index contributed by atoms with van der Waals surface area (Å²) in [6.45, 7) is 0. The van der Waals surface area contributed by atoms with Gasteiger partial charge >= 0.3 is 0 Å². The zero-order valence-electron chi connectivity index (χ0n) is 9.75. The molecule has 0 aliphatic heterocycles.